The van der Waals surface area contributed by atoms with Gasteiger partial charge < -0.3 is 4.57 Å². The van der Waals surface area contributed by atoms with Gasteiger partial charge in [0.1, 0.15) is 0 Å². The number of rotatable bonds is 2. The minimum atomic E-state index is 0. The average Bonchev–Trinajstić information content (AvgIpc) is 3.32. The molecule has 0 N–H and O–H groups in total. The van der Waals surface area contributed by atoms with Crippen molar-refractivity contribution in [2.24, 2.45) is 7.05 Å². The molecule has 0 unspecified atom stereocenters. The van der Waals surface area contributed by atoms with Crippen molar-refractivity contribution >= 4 is 32.6 Å². The third-order valence-corrected chi connectivity index (χ3v) is 6.95. The first-order valence-corrected chi connectivity index (χ1v) is 11.7. The molecule has 1 radical (unpaired) electrons. The van der Waals surface area contributed by atoms with Gasteiger partial charge in [-0.2, -0.15) is 5.10 Å². The number of hydrogen-bond acceptors (Lipinski definition) is 2. The van der Waals surface area contributed by atoms with E-state index in [4.69, 9.17) is 10.1 Å². The van der Waals surface area contributed by atoms with E-state index in [1.165, 1.54) is 44.0 Å². The quantitative estimate of drug-likeness (QED) is 0.151. The molecule has 5 heteroatoms. The van der Waals surface area contributed by atoms with E-state index in [1.54, 1.807) is 0 Å². The molecule has 177 valence electrons. The predicted octanol–water partition coefficient (Wildman–Crippen LogP) is 7.07. The van der Waals surface area contributed by atoms with Crippen molar-refractivity contribution in [1.29, 1.82) is 0 Å². The zero-order valence-electron chi connectivity index (χ0n) is 20.8. The van der Waals surface area contributed by atoms with Crippen LogP contribution in [0, 0.1) is 40.7 Å². The van der Waals surface area contributed by atoms with Crippen LogP contribution < -0.4 is 0 Å². The molecule has 0 fully saturated rings. The minimum absolute atomic E-state index is 0. The monoisotopic (exact) mass is 636 g/mol. The van der Waals surface area contributed by atoms with E-state index in [2.05, 4.69) is 93.9 Å². The van der Waals surface area contributed by atoms with Crippen molar-refractivity contribution in [2.45, 2.75) is 34.6 Å². The first-order chi connectivity index (χ1) is 16.3. The number of nitrogens with zero attached hydrogens (tertiary/aromatic N) is 4. The van der Waals surface area contributed by atoms with E-state index in [-0.39, 0.29) is 20.1 Å². The fourth-order valence-electron chi connectivity index (χ4n) is 5.47. The summed E-state index contributed by atoms with van der Waals surface area (Å²) in [6.45, 7) is 10.6. The molecule has 0 atom stereocenters. The zero-order valence-corrected chi connectivity index (χ0v) is 23.2. The molecule has 6 aromatic rings. The number of hydrogen-bond donors (Lipinski definition) is 0. The van der Waals surface area contributed by atoms with Gasteiger partial charge in [0.2, 0.25) is 5.95 Å². The molecule has 0 bridgehead atoms. The van der Waals surface area contributed by atoms with E-state index in [9.17, 15) is 0 Å². The third-order valence-electron chi connectivity index (χ3n) is 6.95. The van der Waals surface area contributed by atoms with Crippen molar-refractivity contribution < 1.29 is 20.1 Å². The minimum Gasteiger partial charge on any atom is -0.320 e. The van der Waals surface area contributed by atoms with Crippen LogP contribution in [0.15, 0.2) is 54.6 Å². The molecule has 2 aromatic heterocycles. The molecule has 0 saturated carbocycles. The number of benzene rings is 4. The second kappa shape index (κ2) is 8.44. The Hall–Kier alpha value is -3.27. The molecular weight excluding hydrogens is 609 g/mol. The van der Waals surface area contributed by atoms with E-state index in [1.807, 2.05) is 17.7 Å². The zero-order chi connectivity index (χ0) is 23.7. The van der Waals surface area contributed by atoms with Crippen LogP contribution in [0.4, 0.5) is 0 Å². The summed E-state index contributed by atoms with van der Waals surface area (Å²) in [5.41, 5.74) is 10.4. The fourth-order valence-corrected chi connectivity index (χ4v) is 5.47. The molecule has 0 aliphatic carbocycles. The summed E-state index contributed by atoms with van der Waals surface area (Å²) in [5, 5.41) is 9.42. The van der Waals surface area contributed by atoms with Crippen LogP contribution in [-0.4, -0.2) is 19.3 Å². The van der Waals surface area contributed by atoms with Gasteiger partial charge in [-0.25, -0.2) is 4.68 Å². The third kappa shape index (κ3) is 3.45. The Morgan fingerprint density at radius 1 is 0.857 bits per heavy atom. The van der Waals surface area contributed by atoms with Crippen molar-refractivity contribution in [1.82, 2.24) is 19.3 Å². The summed E-state index contributed by atoms with van der Waals surface area (Å²) >= 11 is 0. The second-order valence-electron chi connectivity index (χ2n) is 9.46. The van der Waals surface area contributed by atoms with Crippen LogP contribution in [0.3, 0.4) is 0 Å². The Balaban J connectivity index is 0.00000253. The van der Waals surface area contributed by atoms with E-state index in [0.717, 1.165) is 33.8 Å². The first kappa shape index (κ1) is 23.5. The molecule has 0 amide bonds. The van der Waals surface area contributed by atoms with Gasteiger partial charge in [0.05, 0.1) is 5.69 Å². The molecule has 6 rings (SSSR count). The van der Waals surface area contributed by atoms with E-state index >= 15 is 0 Å². The van der Waals surface area contributed by atoms with Crippen LogP contribution in [0.5, 0.6) is 0 Å². The molecule has 0 saturated heterocycles. The Morgan fingerprint density at radius 2 is 1.60 bits per heavy atom. The van der Waals surface area contributed by atoms with Crippen LogP contribution in [-0.2, 0) is 27.2 Å². The van der Waals surface area contributed by atoms with Gasteiger partial charge in [-0.05, 0) is 62.8 Å². The predicted molar refractivity (Wildman–Crippen MR) is 141 cm³/mol. The summed E-state index contributed by atoms with van der Waals surface area (Å²) in [6, 6.07) is 23.1. The standard InChI is InChI=1S/C30H27N4.Ir/c1-17-13-14-22-25(15-17)27-23(26-18(2)9-7-10-19(26)3)11-8-12-24(27)28-29(22)33(6)30(31-28)34-21(5)16-20(4)32-34;/h7-11,13-16H,1-6H3;/q-1;. The molecule has 2 heterocycles. The Morgan fingerprint density at radius 3 is 2.29 bits per heavy atom. The number of aromatic nitrogens is 4. The van der Waals surface area contributed by atoms with Crippen LogP contribution in [0.2, 0.25) is 0 Å². The molecule has 35 heavy (non-hydrogen) atoms. The maximum atomic E-state index is 5.17. The normalized spacial score (nSPS) is 11.5. The van der Waals surface area contributed by atoms with Gasteiger partial charge in [-0.3, -0.25) is 4.98 Å². The molecule has 4 nitrogen and oxygen atoms in total. The van der Waals surface area contributed by atoms with Crippen molar-refractivity contribution in [2.75, 3.05) is 0 Å². The first-order valence-electron chi connectivity index (χ1n) is 11.7. The van der Waals surface area contributed by atoms with Crippen LogP contribution >= 0.6 is 0 Å². The molecule has 0 aliphatic heterocycles. The molecular formula is C30H27IrN4-. The average molecular weight is 636 g/mol. The van der Waals surface area contributed by atoms with Crippen molar-refractivity contribution in [3.63, 3.8) is 0 Å². The van der Waals surface area contributed by atoms with Crippen molar-refractivity contribution in [3.8, 4) is 17.1 Å². The topological polar surface area (TPSA) is 35.6 Å². The van der Waals surface area contributed by atoms with Gasteiger partial charge >= 0.3 is 0 Å². The Bertz CT molecular complexity index is 1750. The molecule has 4 aromatic carbocycles. The van der Waals surface area contributed by atoms with Gasteiger partial charge in [0.25, 0.3) is 0 Å². The largest absolute Gasteiger partial charge is 0.320 e. The summed E-state index contributed by atoms with van der Waals surface area (Å²) in [7, 11) is 2.08. The smallest absolute Gasteiger partial charge is 0.221 e. The van der Waals surface area contributed by atoms with Gasteiger partial charge in [0.15, 0.2) is 0 Å². The number of fused-ring (bicyclic) bond motifs is 6. The van der Waals surface area contributed by atoms with Gasteiger partial charge in [0, 0.05) is 43.9 Å². The van der Waals surface area contributed by atoms with E-state index in [0.29, 0.717) is 0 Å². The number of aryl methyl sites for hydroxylation is 6. The van der Waals surface area contributed by atoms with Crippen LogP contribution in [0.25, 0.3) is 49.7 Å². The SMILES string of the molecule is Cc1ccc2c(c1)c1c(-c3c(C)cccc3C)cc[c-]c1c1nc(-n3nc(C)cc3C)n(C)c21.[Ir]. The van der Waals surface area contributed by atoms with E-state index < -0.39 is 0 Å². The maximum Gasteiger partial charge on any atom is 0.221 e. The number of imidazole rings is 1. The van der Waals surface area contributed by atoms with Gasteiger partial charge in [-0.1, -0.05) is 58.3 Å². The summed E-state index contributed by atoms with van der Waals surface area (Å²) < 4.78 is 4.11. The van der Waals surface area contributed by atoms with Gasteiger partial charge in [-0.15, -0.1) is 23.6 Å². The molecule has 0 spiro atoms. The van der Waals surface area contributed by atoms with Crippen molar-refractivity contribution in [3.05, 3.63) is 88.7 Å². The summed E-state index contributed by atoms with van der Waals surface area (Å²) in [6.07, 6.45) is 0. The Labute approximate surface area is 219 Å². The maximum absolute atomic E-state index is 5.17. The van der Waals surface area contributed by atoms with Crippen LogP contribution in [0.1, 0.15) is 28.1 Å². The summed E-state index contributed by atoms with van der Waals surface area (Å²) in [4.78, 5) is 5.17. The Kier molecular flexibility index (Phi) is 5.66. The fraction of sp³-hybridized carbons (Fsp3) is 0.200. The summed E-state index contributed by atoms with van der Waals surface area (Å²) in [5.74, 6) is 0.820. The molecule has 0 aliphatic rings. The second-order valence-corrected chi connectivity index (χ2v) is 9.46.